The number of benzene rings is 1. The van der Waals surface area contributed by atoms with Gasteiger partial charge in [0.05, 0.1) is 12.1 Å². The number of amides is 1. The second-order valence-electron chi connectivity index (χ2n) is 6.97. The van der Waals surface area contributed by atoms with Crippen LogP contribution in [0.2, 0.25) is 0 Å². The van der Waals surface area contributed by atoms with Crippen molar-refractivity contribution in [3.8, 4) is 6.07 Å². The maximum absolute atomic E-state index is 12.7. The van der Waals surface area contributed by atoms with Gasteiger partial charge in [-0.05, 0) is 54.4 Å². The van der Waals surface area contributed by atoms with Crippen molar-refractivity contribution in [2.45, 2.75) is 26.9 Å². The van der Waals surface area contributed by atoms with E-state index in [0.717, 1.165) is 16.8 Å². The molecule has 2 aromatic heterocycles. The van der Waals surface area contributed by atoms with E-state index in [1.807, 2.05) is 66.1 Å². The zero-order valence-corrected chi connectivity index (χ0v) is 17.2. The summed E-state index contributed by atoms with van der Waals surface area (Å²) >= 11 is 1.65. The zero-order valence-electron chi connectivity index (χ0n) is 16.4. The van der Waals surface area contributed by atoms with Crippen LogP contribution in [0.4, 0.5) is 5.82 Å². The van der Waals surface area contributed by atoms with E-state index in [9.17, 15) is 10.1 Å². The zero-order chi connectivity index (χ0) is 20.1. The number of anilines is 1. The Morgan fingerprint density at radius 2 is 1.96 bits per heavy atom. The SMILES string of the molecule is Cc1c(C#N)c(NC(=O)CN(C)Cc2ccsc2)n(Cc2ccccc2)c1C. The van der Waals surface area contributed by atoms with Gasteiger partial charge in [0, 0.05) is 18.8 Å². The van der Waals surface area contributed by atoms with Gasteiger partial charge in [0.2, 0.25) is 5.91 Å². The summed E-state index contributed by atoms with van der Waals surface area (Å²) in [4.78, 5) is 14.6. The van der Waals surface area contributed by atoms with Crippen LogP contribution in [0.15, 0.2) is 47.2 Å². The van der Waals surface area contributed by atoms with Crippen molar-refractivity contribution in [2.24, 2.45) is 0 Å². The standard InChI is InChI=1S/C22H24N4OS/c1-16-17(2)26(13-18-7-5-4-6-8-18)22(20(16)11-23)24-21(27)14-25(3)12-19-9-10-28-15-19/h4-10,15H,12-14H2,1-3H3,(H,24,27). The summed E-state index contributed by atoms with van der Waals surface area (Å²) in [7, 11) is 1.92. The van der Waals surface area contributed by atoms with E-state index >= 15 is 0 Å². The van der Waals surface area contributed by atoms with E-state index in [0.29, 0.717) is 24.5 Å². The molecule has 1 N–H and O–H groups in total. The molecule has 0 atom stereocenters. The molecule has 3 rings (SSSR count). The van der Waals surface area contributed by atoms with Crippen LogP contribution >= 0.6 is 11.3 Å². The normalized spacial score (nSPS) is 10.8. The van der Waals surface area contributed by atoms with E-state index in [-0.39, 0.29) is 12.5 Å². The molecule has 3 aromatic rings. The van der Waals surface area contributed by atoms with Crippen LogP contribution in [0.5, 0.6) is 0 Å². The molecule has 6 heteroatoms. The quantitative estimate of drug-likeness (QED) is 0.657. The van der Waals surface area contributed by atoms with Gasteiger partial charge in [-0.15, -0.1) is 0 Å². The lowest BCUT2D eigenvalue weighted by molar-refractivity contribution is -0.117. The first kappa shape index (κ1) is 19.9. The lowest BCUT2D eigenvalue weighted by Crippen LogP contribution is -2.30. The molecule has 0 fully saturated rings. The Hall–Kier alpha value is -2.88. The van der Waals surface area contributed by atoms with Gasteiger partial charge in [-0.25, -0.2) is 0 Å². The molecular formula is C22H24N4OS. The van der Waals surface area contributed by atoms with Crippen molar-refractivity contribution in [2.75, 3.05) is 18.9 Å². The summed E-state index contributed by atoms with van der Waals surface area (Å²) in [5.74, 6) is 0.455. The number of aromatic nitrogens is 1. The first-order valence-corrected chi connectivity index (χ1v) is 10.1. The number of thiophene rings is 1. The van der Waals surface area contributed by atoms with Crippen molar-refractivity contribution < 1.29 is 4.79 Å². The Morgan fingerprint density at radius 3 is 2.61 bits per heavy atom. The molecular weight excluding hydrogens is 368 g/mol. The number of nitrogens with one attached hydrogen (secondary N) is 1. The van der Waals surface area contributed by atoms with Crippen molar-refractivity contribution in [3.05, 3.63) is 75.1 Å². The highest BCUT2D eigenvalue weighted by Gasteiger charge is 2.20. The number of likely N-dealkylation sites (N-methyl/N-ethyl adjacent to an activating group) is 1. The maximum Gasteiger partial charge on any atom is 0.239 e. The predicted molar refractivity (Wildman–Crippen MR) is 113 cm³/mol. The minimum atomic E-state index is -0.124. The van der Waals surface area contributed by atoms with Gasteiger partial charge >= 0.3 is 0 Å². The van der Waals surface area contributed by atoms with Crippen LogP contribution in [0.3, 0.4) is 0 Å². The van der Waals surface area contributed by atoms with Crippen LogP contribution in [0.25, 0.3) is 0 Å². The van der Waals surface area contributed by atoms with E-state index in [1.54, 1.807) is 11.3 Å². The topological polar surface area (TPSA) is 61.1 Å². The Kier molecular flexibility index (Phi) is 6.30. The van der Waals surface area contributed by atoms with E-state index < -0.39 is 0 Å². The molecule has 0 spiro atoms. The molecule has 0 radical (unpaired) electrons. The van der Waals surface area contributed by atoms with Gasteiger partial charge in [0.15, 0.2) is 0 Å². The third-order valence-electron chi connectivity index (χ3n) is 4.83. The third-order valence-corrected chi connectivity index (χ3v) is 5.56. The highest BCUT2D eigenvalue weighted by Crippen LogP contribution is 2.27. The maximum atomic E-state index is 12.7. The van der Waals surface area contributed by atoms with Gasteiger partial charge in [0.25, 0.3) is 0 Å². The Morgan fingerprint density at radius 1 is 1.21 bits per heavy atom. The van der Waals surface area contributed by atoms with Crippen molar-refractivity contribution >= 4 is 23.1 Å². The van der Waals surface area contributed by atoms with Gasteiger partial charge in [0.1, 0.15) is 11.9 Å². The fourth-order valence-electron chi connectivity index (χ4n) is 3.26. The lowest BCUT2D eigenvalue weighted by Gasteiger charge is -2.17. The van der Waals surface area contributed by atoms with Gasteiger partial charge in [-0.2, -0.15) is 16.6 Å². The Bertz CT molecular complexity index is 984. The number of carbonyl (C=O) groups excluding carboxylic acids is 1. The number of hydrogen-bond acceptors (Lipinski definition) is 4. The largest absolute Gasteiger partial charge is 0.326 e. The highest BCUT2D eigenvalue weighted by molar-refractivity contribution is 7.07. The number of hydrogen-bond donors (Lipinski definition) is 1. The summed E-state index contributed by atoms with van der Waals surface area (Å²) in [6.45, 7) is 5.49. The predicted octanol–water partition coefficient (Wildman–Crippen LogP) is 4.16. The van der Waals surface area contributed by atoms with Crippen LogP contribution in [-0.2, 0) is 17.9 Å². The first-order valence-electron chi connectivity index (χ1n) is 9.12. The fourth-order valence-corrected chi connectivity index (χ4v) is 3.92. The molecule has 144 valence electrons. The molecule has 0 bridgehead atoms. The Labute approximate surface area is 169 Å². The molecule has 0 unspecified atom stereocenters. The fraction of sp³-hybridized carbons (Fsp3) is 0.273. The van der Waals surface area contributed by atoms with Crippen molar-refractivity contribution in [1.29, 1.82) is 5.26 Å². The Balaban J connectivity index is 1.79. The average Bonchev–Trinajstić information content (AvgIpc) is 3.25. The minimum Gasteiger partial charge on any atom is -0.326 e. The third kappa shape index (κ3) is 4.50. The summed E-state index contributed by atoms with van der Waals surface area (Å²) in [6.07, 6.45) is 0. The molecule has 0 aliphatic rings. The molecule has 0 saturated heterocycles. The summed E-state index contributed by atoms with van der Waals surface area (Å²) in [5.41, 5.74) is 4.73. The molecule has 0 saturated carbocycles. The number of nitrogens with zero attached hydrogens (tertiary/aromatic N) is 3. The number of nitriles is 1. The van der Waals surface area contributed by atoms with Crippen LogP contribution < -0.4 is 5.32 Å². The minimum absolute atomic E-state index is 0.124. The number of rotatable bonds is 7. The van der Waals surface area contributed by atoms with Crippen LogP contribution in [-0.4, -0.2) is 29.0 Å². The lowest BCUT2D eigenvalue weighted by atomic mass is 10.2. The second-order valence-corrected chi connectivity index (χ2v) is 7.75. The molecule has 2 heterocycles. The molecule has 0 aliphatic heterocycles. The van der Waals surface area contributed by atoms with Crippen molar-refractivity contribution in [3.63, 3.8) is 0 Å². The monoisotopic (exact) mass is 392 g/mol. The first-order chi connectivity index (χ1) is 13.5. The molecule has 1 aromatic carbocycles. The smallest absolute Gasteiger partial charge is 0.239 e. The highest BCUT2D eigenvalue weighted by atomic mass is 32.1. The van der Waals surface area contributed by atoms with E-state index in [2.05, 4.69) is 22.8 Å². The molecule has 5 nitrogen and oxygen atoms in total. The molecule has 0 aliphatic carbocycles. The summed E-state index contributed by atoms with van der Waals surface area (Å²) < 4.78 is 2.01. The van der Waals surface area contributed by atoms with Gasteiger partial charge < -0.3 is 9.88 Å². The molecule has 28 heavy (non-hydrogen) atoms. The van der Waals surface area contributed by atoms with Gasteiger partial charge in [-0.1, -0.05) is 30.3 Å². The van der Waals surface area contributed by atoms with Crippen molar-refractivity contribution in [1.82, 2.24) is 9.47 Å². The molecule has 1 amide bonds. The van der Waals surface area contributed by atoms with Crippen LogP contribution in [0, 0.1) is 25.2 Å². The van der Waals surface area contributed by atoms with E-state index in [1.165, 1.54) is 5.56 Å². The van der Waals surface area contributed by atoms with Crippen LogP contribution in [0.1, 0.15) is 27.9 Å². The summed E-state index contributed by atoms with van der Waals surface area (Å²) in [5, 5.41) is 16.7. The van der Waals surface area contributed by atoms with Gasteiger partial charge in [-0.3, -0.25) is 9.69 Å². The van der Waals surface area contributed by atoms with E-state index in [4.69, 9.17) is 0 Å². The second kappa shape index (κ2) is 8.87. The summed E-state index contributed by atoms with van der Waals surface area (Å²) in [6, 6.07) is 14.4. The number of carbonyl (C=O) groups is 1. The average molecular weight is 393 g/mol.